The van der Waals surface area contributed by atoms with Crippen molar-refractivity contribution in [1.82, 2.24) is 4.98 Å². The third-order valence-electron chi connectivity index (χ3n) is 5.64. The van der Waals surface area contributed by atoms with E-state index in [2.05, 4.69) is 44.8 Å². The van der Waals surface area contributed by atoms with Crippen molar-refractivity contribution < 1.29 is 5.11 Å². The van der Waals surface area contributed by atoms with E-state index >= 15 is 0 Å². The highest BCUT2D eigenvalue weighted by Gasteiger charge is 2.67. The third kappa shape index (κ3) is 1.78. The molecule has 1 unspecified atom stereocenters. The number of hydrogen-bond donors (Lipinski definition) is 1. The predicted molar refractivity (Wildman–Crippen MR) is 82.5 cm³/mol. The molecule has 106 valence electrons. The number of aromatic nitrogens is 1. The van der Waals surface area contributed by atoms with E-state index in [4.69, 9.17) is 0 Å². The molecular formula is C18H23NO. The number of fused-ring (bicyclic) bond motifs is 1. The van der Waals surface area contributed by atoms with E-state index < -0.39 is 6.10 Å². The zero-order chi connectivity index (χ0) is 14.7. The van der Waals surface area contributed by atoms with Crippen molar-refractivity contribution in [3.8, 4) is 0 Å². The van der Waals surface area contributed by atoms with Crippen molar-refractivity contribution in [1.29, 1.82) is 0 Å². The second-order valence-corrected chi connectivity index (χ2v) is 7.27. The molecule has 1 aromatic carbocycles. The van der Waals surface area contributed by atoms with Crippen LogP contribution in [0.4, 0.5) is 0 Å². The molecule has 1 atom stereocenters. The summed E-state index contributed by atoms with van der Waals surface area (Å²) < 4.78 is 0. The van der Waals surface area contributed by atoms with Crippen LogP contribution in [0.1, 0.15) is 45.1 Å². The summed E-state index contributed by atoms with van der Waals surface area (Å²) in [5.41, 5.74) is 3.40. The molecule has 1 aromatic heterocycles. The van der Waals surface area contributed by atoms with Gasteiger partial charge in [0, 0.05) is 17.0 Å². The Hall–Kier alpha value is -1.41. The number of nitrogens with zero attached hydrogens (tertiary/aromatic N) is 1. The van der Waals surface area contributed by atoms with E-state index in [-0.39, 0.29) is 10.8 Å². The first-order valence-corrected chi connectivity index (χ1v) is 7.30. The molecule has 2 heteroatoms. The first kappa shape index (κ1) is 13.6. The number of aryl methyl sites for hydroxylation is 1. The van der Waals surface area contributed by atoms with Crippen LogP contribution in [0.15, 0.2) is 30.3 Å². The molecule has 2 nitrogen and oxygen atoms in total. The Morgan fingerprint density at radius 3 is 2.30 bits per heavy atom. The van der Waals surface area contributed by atoms with Crippen molar-refractivity contribution in [2.24, 2.45) is 16.7 Å². The first-order valence-electron chi connectivity index (χ1n) is 7.30. The highest BCUT2D eigenvalue weighted by atomic mass is 16.3. The fraction of sp³-hybridized carbons (Fsp3) is 0.500. The van der Waals surface area contributed by atoms with Gasteiger partial charge in [0.2, 0.25) is 0 Å². The Balaban J connectivity index is 1.97. The lowest BCUT2D eigenvalue weighted by Crippen LogP contribution is -2.05. The van der Waals surface area contributed by atoms with Crippen molar-refractivity contribution in [3.63, 3.8) is 0 Å². The van der Waals surface area contributed by atoms with Crippen LogP contribution in [0.5, 0.6) is 0 Å². The minimum Gasteiger partial charge on any atom is -0.388 e. The second kappa shape index (κ2) is 4.05. The van der Waals surface area contributed by atoms with Gasteiger partial charge in [-0.25, -0.2) is 0 Å². The average Bonchev–Trinajstić information content (AvgIpc) is 2.78. The minimum absolute atomic E-state index is 0.187. The summed E-state index contributed by atoms with van der Waals surface area (Å²) in [5.74, 6) is 0.311. The van der Waals surface area contributed by atoms with Crippen LogP contribution < -0.4 is 0 Å². The third-order valence-corrected chi connectivity index (χ3v) is 5.64. The molecule has 0 bridgehead atoms. The molecule has 1 fully saturated rings. The van der Waals surface area contributed by atoms with Crippen LogP contribution in [-0.2, 0) is 0 Å². The van der Waals surface area contributed by atoms with Crippen LogP contribution >= 0.6 is 0 Å². The molecule has 0 amide bonds. The minimum atomic E-state index is -0.397. The maximum absolute atomic E-state index is 10.7. The number of aliphatic hydroxyl groups excluding tert-OH is 1. The zero-order valence-electron chi connectivity index (χ0n) is 12.9. The maximum atomic E-state index is 10.7. The van der Waals surface area contributed by atoms with E-state index in [1.165, 1.54) is 0 Å². The summed E-state index contributed by atoms with van der Waals surface area (Å²) >= 11 is 0. The standard InChI is InChI=1S/C18H23NO/c1-11-6-7-12-10-13(8-9-14(12)19-11)15(20)16-17(2,3)18(16,4)5/h6-10,15-16,20H,1-5H3. The Labute approximate surface area is 120 Å². The zero-order valence-corrected chi connectivity index (χ0v) is 12.9. The van der Waals surface area contributed by atoms with Gasteiger partial charge in [-0.1, -0.05) is 39.8 Å². The summed E-state index contributed by atoms with van der Waals surface area (Å²) in [7, 11) is 0. The van der Waals surface area contributed by atoms with E-state index in [9.17, 15) is 5.11 Å². The number of pyridine rings is 1. The number of aliphatic hydroxyl groups is 1. The van der Waals surface area contributed by atoms with E-state index in [1.54, 1.807) is 0 Å². The number of benzene rings is 1. The average molecular weight is 269 g/mol. The Morgan fingerprint density at radius 2 is 1.70 bits per heavy atom. The lowest BCUT2D eigenvalue weighted by atomic mass is 9.98. The van der Waals surface area contributed by atoms with Crippen LogP contribution in [0, 0.1) is 23.7 Å². The lowest BCUT2D eigenvalue weighted by molar-refractivity contribution is 0.131. The number of rotatable bonds is 2. The van der Waals surface area contributed by atoms with Crippen LogP contribution in [0.25, 0.3) is 10.9 Å². The molecule has 20 heavy (non-hydrogen) atoms. The normalized spacial score (nSPS) is 21.9. The van der Waals surface area contributed by atoms with Gasteiger partial charge in [-0.3, -0.25) is 4.98 Å². The van der Waals surface area contributed by atoms with Crippen molar-refractivity contribution in [3.05, 3.63) is 41.6 Å². The smallest absolute Gasteiger partial charge is 0.0829 e. The molecule has 0 saturated heterocycles. The van der Waals surface area contributed by atoms with Crippen molar-refractivity contribution in [2.45, 2.75) is 40.7 Å². The maximum Gasteiger partial charge on any atom is 0.0829 e. The van der Waals surface area contributed by atoms with Gasteiger partial charge >= 0.3 is 0 Å². The SMILES string of the molecule is Cc1ccc2cc(C(O)C3C(C)(C)C3(C)C)ccc2n1. The van der Waals surface area contributed by atoms with Gasteiger partial charge < -0.3 is 5.11 Å². The highest BCUT2D eigenvalue weighted by molar-refractivity contribution is 5.79. The Morgan fingerprint density at radius 1 is 1.05 bits per heavy atom. The molecule has 1 heterocycles. The van der Waals surface area contributed by atoms with E-state index in [0.717, 1.165) is 22.2 Å². The second-order valence-electron chi connectivity index (χ2n) is 7.27. The Bertz CT molecular complexity index is 658. The molecule has 3 rings (SSSR count). The largest absolute Gasteiger partial charge is 0.388 e. The summed E-state index contributed by atoms with van der Waals surface area (Å²) in [6.45, 7) is 11.0. The summed E-state index contributed by atoms with van der Waals surface area (Å²) in [4.78, 5) is 4.51. The summed E-state index contributed by atoms with van der Waals surface area (Å²) in [6, 6.07) is 10.2. The lowest BCUT2D eigenvalue weighted by Gasteiger charge is -2.14. The van der Waals surface area contributed by atoms with Crippen molar-refractivity contribution in [2.75, 3.05) is 0 Å². The molecule has 0 radical (unpaired) electrons. The van der Waals surface area contributed by atoms with Crippen molar-refractivity contribution >= 4 is 10.9 Å². The van der Waals surface area contributed by atoms with Gasteiger partial charge in [0.25, 0.3) is 0 Å². The molecule has 1 aliphatic carbocycles. The predicted octanol–water partition coefficient (Wildman–Crippen LogP) is 4.26. The monoisotopic (exact) mass is 269 g/mol. The van der Waals surface area contributed by atoms with Gasteiger partial charge in [0.15, 0.2) is 0 Å². The molecule has 0 aliphatic heterocycles. The Kier molecular flexibility index (Phi) is 2.74. The number of hydrogen-bond acceptors (Lipinski definition) is 2. The highest BCUT2D eigenvalue weighted by Crippen LogP contribution is 2.72. The fourth-order valence-electron chi connectivity index (χ4n) is 3.66. The topological polar surface area (TPSA) is 33.1 Å². The van der Waals surface area contributed by atoms with E-state index in [1.807, 2.05) is 25.1 Å². The quantitative estimate of drug-likeness (QED) is 0.883. The van der Waals surface area contributed by atoms with Gasteiger partial charge in [0.05, 0.1) is 11.6 Å². The summed E-state index contributed by atoms with van der Waals surface area (Å²) in [5, 5.41) is 11.8. The van der Waals surface area contributed by atoms with Gasteiger partial charge in [0.1, 0.15) is 0 Å². The van der Waals surface area contributed by atoms with Gasteiger partial charge in [-0.2, -0.15) is 0 Å². The van der Waals surface area contributed by atoms with Crippen LogP contribution in [0.3, 0.4) is 0 Å². The molecule has 2 aromatic rings. The molecule has 1 N–H and O–H groups in total. The summed E-state index contributed by atoms with van der Waals surface area (Å²) in [6.07, 6.45) is -0.397. The molecular weight excluding hydrogens is 246 g/mol. The van der Waals surface area contributed by atoms with Gasteiger partial charge in [-0.15, -0.1) is 0 Å². The van der Waals surface area contributed by atoms with Crippen LogP contribution in [0.2, 0.25) is 0 Å². The molecule has 1 saturated carbocycles. The van der Waals surface area contributed by atoms with Crippen LogP contribution in [-0.4, -0.2) is 10.1 Å². The van der Waals surface area contributed by atoms with Gasteiger partial charge in [-0.05, 0) is 41.5 Å². The fourth-order valence-corrected chi connectivity index (χ4v) is 3.66. The molecule has 0 spiro atoms. The van der Waals surface area contributed by atoms with E-state index in [0.29, 0.717) is 5.92 Å². The molecule has 1 aliphatic rings. The first-order chi connectivity index (χ1) is 9.25.